The van der Waals surface area contributed by atoms with Crippen LogP contribution in [0.15, 0.2) is 34.9 Å². The maximum absolute atomic E-state index is 14.3. The second kappa shape index (κ2) is 6.07. The van der Waals surface area contributed by atoms with Gasteiger partial charge in [-0.2, -0.15) is 0 Å². The summed E-state index contributed by atoms with van der Waals surface area (Å²) in [5.41, 5.74) is 0.460. The predicted octanol–water partition coefficient (Wildman–Crippen LogP) is 4.17. The summed E-state index contributed by atoms with van der Waals surface area (Å²) < 4.78 is 33.9. The van der Waals surface area contributed by atoms with Crippen molar-refractivity contribution in [3.8, 4) is 11.6 Å². The summed E-state index contributed by atoms with van der Waals surface area (Å²) in [6.07, 6.45) is 3.71. The number of ether oxygens (including phenoxy) is 1. The van der Waals surface area contributed by atoms with Gasteiger partial charge in [0, 0.05) is 28.8 Å². The summed E-state index contributed by atoms with van der Waals surface area (Å²) in [5.74, 6) is -1.42. The molecule has 0 bridgehead atoms. The molecule has 1 aromatic heterocycles. The highest BCUT2D eigenvalue weighted by atomic mass is 79.9. The lowest BCUT2D eigenvalue weighted by Gasteiger charge is -2.10. The fourth-order valence-electron chi connectivity index (χ4n) is 1.87. The first-order valence-electron chi connectivity index (χ1n) is 6.63. The molecule has 1 N–H and O–H groups in total. The SMILES string of the molecule is Fc1ccc(Br)cc1Oc1nccc(CNC2CC2)c1F. The normalized spacial score (nSPS) is 14.2. The van der Waals surface area contributed by atoms with Crippen LogP contribution in [0.1, 0.15) is 18.4 Å². The Morgan fingerprint density at radius 3 is 2.86 bits per heavy atom. The van der Waals surface area contributed by atoms with Gasteiger partial charge in [-0.15, -0.1) is 0 Å². The van der Waals surface area contributed by atoms with Gasteiger partial charge in [-0.3, -0.25) is 0 Å². The minimum atomic E-state index is -0.569. The van der Waals surface area contributed by atoms with Crippen LogP contribution in [-0.4, -0.2) is 11.0 Å². The zero-order valence-corrected chi connectivity index (χ0v) is 12.7. The smallest absolute Gasteiger partial charge is 0.256 e. The number of nitrogens with zero attached hydrogens (tertiary/aromatic N) is 1. The summed E-state index contributed by atoms with van der Waals surface area (Å²) in [6.45, 7) is 0.413. The van der Waals surface area contributed by atoms with E-state index >= 15 is 0 Å². The van der Waals surface area contributed by atoms with E-state index in [4.69, 9.17) is 4.74 Å². The van der Waals surface area contributed by atoms with Crippen LogP contribution >= 0.6 is 15.9 Å². The van der Waals surface area contributed by atoms with E-state index in [0.717, 1.165) is 12.8 Å². The highest BCUT2D eigenvalue weighted by Crippen LogP contribution is 2.29. The van der Waals surface area contributed by atoms with E-state index in [0.29, 0.717) is 22.6 Å². The van der Waals surface area contributed by atoms with Crippen molar-refractivity contribution in [1.29, 1.82) is 0 Å². The molecule has 1 aliphatic rings. The number of halogens is 3. The lowest BCUT2D eigenvalue weighted by Crippen LogP contribution is -2.16. The minimum absolute atomic E-state index is 0.0666. The zero-order valence-electron chi connectivity index (χ0n) is 11.1. The van der Waals surface area contributed by atoms with E-state index in [2.05, 4.69) is 26.2 Å². The first kappa shape index (κ1) is 14.4. The molecule has 6 heteroatoms. The van der Waals surface area contributed by atoms with Gasteiger partial charge in [-0.1, -0.05) is 15.9 Å². The van der Waals surface area contributed by atoms with Gasteiger partial charge in [0.05, 0.1) is 0 Å². The minimum Gasteiger partial charge on any atom is -0.433 e. The highest BCUT2D eigenvalue weighted by molar-refractivity contribution is 9.10. The molecule has 3 nitrogen and oxygen atoms in total. The molecule has 21 heavy (non-hydrogen) atoms. The van der Waals surface area contributed by atoms with E-state index in [-0.39, 0.29) is 11.6 Å². The molecule has 1 heterocycles. The van der Waals surface area contributed by atoms with Crippen LogP contribution in [0, 0.1) is 11.6 Å². The second-order valence-corrected chi connectivity index (χ2v) is 5.84. The van der Waals surface area contributed by atoms with Crippen LogP contribution in [0.25, 0.3) is 0 Å². The quantitative estimate of drug-likeness (QED) is 0.874. The van der Waals surface area contributed by atoms with Crippen LogP contribution in [-0.2, 0) is 6.54 Å². The van der Waals surface area contributed by atoms with Crippen molar-refractivity contribution in [2.75, 3.05) is 0 Å². The first-order valence-corrected chi connectivity index (χ1v) is 7.42. The highest BCUT2D eigenvalue weighted by Gasteiger charge is 2.21. The lowest BCUT2D eigenvalue weighted by atomic mass is 10.2. The van der Waals surface area contributed by atoms with Gasteiger partial charge in [0.15, 0.2) is 17.4 Å². The summed E-state index contributed by atoms with van der Waals surface area (Å²) in [6, 6.07) is 6.29. The summed E-state index contributed by atoms with van der Waals surface area (Å²) in [5, 5.41) is 3.22. The molecular formula is C15H13BrF2N2O. The molecule has 0 spiro atoms. The Balaban J connectivity index is 1.80. The van der Waals surface area contributed by atoms with Gasteiger partial charge < -0.3 is 10.1 Å². The van der Waals surface area contributed by atoms with Gasteiger partial charge in [0.25, 0.3) is 5.88 Å². The van der Waals surface area contributed by atoms with Crippen LogP contribution in [0.3, 0.4) is 0 Å². The van der Waals surface area contributed by atoms with Crippen molar-refractivity contribution in [3.63, 3.8) is 0 Å². The molecule has 0 saturated heterocycles. The molecule has 0 unspecified atom stereocenters. The number of benzene rings is 1. The molecule has 1 aliphatic carbocycles. The van der Waals surface area contributed by atoms with Crippen molar-refractivity contribution >= 4 is 15.9 Å². The molecular weight excluding hydrogens is 342 g/mol. The largest absolute Gasteiger partial charge is 0.433 e. The third kappa shape index (κ3) is 3.57. The molecule has 2 aromatic rings. The number of rotatable bonds is 5. The third-order valence-corrected chi connectivity index (χ3v) is 3.69. The van der Waals surface area contributed by atoms with Crippen molar-refractivity contribution < 1.29 is 13.5 Å². The van der Waals surface area contributed by atoms with Crippen LogP contribution in [0.2, 0.25) is 0 Å². The Morgan fingerprint density at radius 2 is 2.10 bits per heavy atom. The average molecular weight is 355 g/mol. The fraction of sp³-hybridized carbons (Fsp3) is 0.267. The number of nitrogens with one attached hydrogen (secondary N) is 1. The molecule has 3 rings (SSSR count). The standard InChI is InChI=1S/C15H13BrF2N2O/c16-10-1-4-12(17)13(7-10)21-15-14(18)9(5-6-19-15)8-20-11-2-3-11/h1,4-7,11,20H,2-3,8H2. The molecule has 0 radical (unpaired) electrons. The summed E-state index contributed by atoms with van der Waals surface area (Å²) >= 11 is 3.22. The first-order chi connectivity index (χ1) is 10.1. The molecule has 0 amide bonds. The average Bonchev–Trinajstić information content (AvgIpc) is 3.28. The summed E-state index contributed by atoms with van der Waals surface area (Å²) in [4.78, 5) is 3.84. The predicted molar refractivity (Wildman–Crippen MR) is 78.2 cm³/mol. The van der Waals surface area contributed by atoms with Crippen LogP contribution < -0.4 is 10.1 Å². The zero-order chi connectivity index (χ0) is 14.8. The fourth-order valence-corrected chi connectivity index (χ4v) is 2.21. The lowest BCUT2D eigenvalue weighted by molar-refractivity contribution is 0.394. The van der Waals surface area contributed by atoms with Crippen molar-refractivity contribution in [2.24, 2.45) is 0 Å². The van der Waals surface area contributed by atoms with E-state index in [1.54, 1.807) is 12.1 Å². The molecule has 1 aromatic carbocycles. The van der Waals surface area contributed by atoms with Crippen LogP contribution in [0.4, 0.5) is 8.78 Å². The Labute approximate surface area is 129 Å². The Morgan fingerprint density at radius 1 is 1.29 bits per heavy atom. The van der Waals surface area contributed by atoms with Gasteiger partial charge in [0.1, 0.15) is 0 Å². The molecule has 0 aliphatic heterocycles. The van der Waals surface area contributed by atoms with Crippen molar-refractivity contribution in [1.82, 2.24) is 10.3 Å². The van der Waals surface area contributed by atoms with E-state index in [1.165, 1.54) is 18.3 Å². The molecule has 1 saturated carbocycles. The topological polar surface area (TPSA) is 34.1 Å². The Bertz CT molecular complexity index is 662. The second-order valence-electron chi connectivity index (χ2n) is 4.92. The van der Waals surface area contributed by atoms with Crippen molar-refractivity contribution in [2.45, 2.75) is 25.4 Å². The van der Waals surface area contributed by atoms with Gasteiger partial charge in [-0.25, -0.2) is 13.8 Å². The van der Waals surface area contributed by atoms with Crippen LogP contribution in [0.5, 0.6) is 11.6 Å². The van der Waals surface area contributed by atoms with E-state index in [1.807, 2.05) is 0 Å². The number of pyridine rings is 1. The maximum atomic E-state index is 14.3. The number of hydrogen-bond donors (Lipinski definition) is 1. The number of hydrogen-bond acceptors (Lipinski definition) is 3. The van der Waals surface area contributed by atoms with E-state index in [9.17, 15) is 8.78 Å². The summed E-state index contributed by atoms with van der Waals surface area (Å²) in [7, 11) is 0. The van der Waals surface area contributed by atoms with Gasteiger partial charge in [-0.05, 0) is 37.1 Å². The van der Waals surface area contributed by atoms with Crippen molar-refractivity contribution in [3.05, 3.63) is 52.1 Å². The van der Waals surface area contributed by atoms with Gasteiger partial charge >= 0.3 is 0 Å². The molecule has 110 valence electrons. The monoisotopic (exact) mass is 354 g/mol. The maximum Gasteiger partial charge on any atom is 0.256 e. The van der Waals surface area contributed by atoms with E-state index < -0.39 is 11.6 Å². The van der Waals surface area contributed by atoms with Gasteiger partial charge in [0.2, 0.25) is 0 Å². The molecule has 1 fully saturated rings. The third-order valence-electron chi connectivity index (χ3n) is 3.20. The Hall–Kier alpha value is -1.53. The number of aromatic nitrogens is 1. The Kier molecular flexibility index (Phi) is 4.17. The molecule has 0 atom stereocenters.